The summed E-state index contributed by atoms with van der Waals surface area (Å²) >= 11 is 0. The minimum absolute atomic E-state index is 0.00757. The first kappa shape index (κ1) is 34.7. The number of carbonyl (C=O) groups is 2. The van der Waals surface area contributed by atoms with Crippen LogP contribution in [0, 0.1) is 12.8 Å². The Kier molecular flexibility index (Phi) is 11.2. The van der Waals surface area contributed by atoms with Gasteiger partial charge < -0.3 is 20.1 Å². The SMILES string of the molecule is CCCCOc1cc(C(=O)C(c2ccccc2NC(=O)Nc2cc(C(C)(C)C)nn2-c2ccc(C)cc2)C2CCNCC2)ccc1OC. The molecular weight excluding hydrogens is 602 g/mol. The maximum Gasteiger partial charge on any atom is 0.324 e. The average molecular weight is 652 g/mol. The van der Waals surface area contributed by atoms with Crippen LogP contribution >= 0.6 is 0 Å². The fourth-order valence-electron chi connectivity index (χ4n) is 6.11. The van der Waals surface area contributed by atoms with E-state index < -0.39 is 11.9 Å². The molecule has 0 aliphatic carbocycles. The van der Waals surface area contributed by atoms with E-state index in [-0.39, 0.29) is 17.1 Å². The van der Waals surface area contributed by atoms with Crippen molar-refractivity contribution in [2.24, 2.45) is 5.92 Å². The van der Waals surface area contributed by atoms with Crippen LogP contribution in [0.15, 0.2) is 72.8 Å². The minimum Gasteiger partial charge on any atom is -0.493 e. The molecule has 1 aliphatic heterocycles. The Morgan fingerprint density at radius 3 is 2.40 bits per heavy atom. The number of hydrogen-bond acceptors (Lipinski definition) is 6. The van der Waals surface area contributed by atoms with E-state index in [9.17, 15) is 9.59 Å². The molecule has 1 aliphatic rings. The first-order valence-corrected chi connectivity index (χ1v) is 17.0. The van der Waals surface area contributed by atoms with Crippen LogP contribution in [0.1, 0.15) is 86.5 Å². The number of hydrogen-bond donors (Lipinski definition) is 3. The number of urea groups is 1. The second-order valence-electron chi connectivity index (χ2n) is 13.6. The summed E-state index contributed by atoms with van der Waals surface area (Å²) < 4.78 is 13.3. The lowest BCUT2D eigenvalue weighted by atomic mass is 9.75. The molecule has 0 bridgehead atoms. The van der Waals surface area contributed by atoms with Gasteiger partial charge in [-0.25, -0.2) is 9.48 Å². The highest BCUT2D eigenvalue weighted by Crippen LogP contribution is 2.39. The zero-order chi connectivity index (χ0) is 34.3. The molecule has 0 radical (unpaired) electrons. The predicted molar refractivity (Wildman–Crippen MR) is 192 cm³/mol. The third kappa shape index (κ3) is 8.26. The van der Waals surface area contributed by atoms with Crippen LogP contribution in [0.25, 0.3) is 5.69 Å². The number of para-hydroxylation sites is 1. The average Bonchev–Trinajstić information content (AvgIpc) is 3.51. The highest BCUT2D eigenvalue weighted by Gasteiger charge is 2.34. The summed E-state index contributed by atoms with van der Waals surface area (Å²) in [6, 6.07) is 22.6. The number of ketones is 1. The van der Waals surface area contributed by atoms with E-state index in [0.717, 1.165) is 61.3 Å². The molecule has 2 amide bonds. The van der Waals surface area contributed by atoms with E-state index in [1.807, 2.05) is 67.6 Å². The molecule has 48 heavy (non-hydrogen) atoms. The molecule has 1 aromatic heterocycles. The molecule has 254 valence electrons. The second kappa shape index (κ2) is 15.5. The molecule has 1 atom stereocenters. The van der Waals surface area contributed by atoms with Gasteiger partial charge in [-0.15, -0.1) is 0 Å². The van der Waals surface area contributed by atoms with E-state index in [0.29, 0.717) is 35.2 Å². The largest absolute Gasteiger partial charge is 0.493 e. The van der Waals surface area contributed by atoms with Gasteiger partial charge in [0.2, 0.25) is 0 Å². The fraction of sp³-hybridized carbons (Fsp3) is 0.410. The van der Waals surface area contributed by atoms with Gasteiger partial charge >= 0.3 is 6.03 Å². The Bertz CT molecular complexity index is 1700. The fourth-order valence-corrected chi connectivity index (χ4v) is 6.11. The number of methoxy groups -OCH3 is 1. The lowest BCUT2D eigenvalue weighted by Gasteiger charge is -2.31. The number of amides is 2. The normalized spacial score (nSPS) is 14.3. The van der Waals surface area contributed by atoms with Crippen LogP contribution < -0.4 is 25.4 Å². The Morgan fingerprint density at radius 1 is 0.979 bits per heavy atom. The molecule has 0 spiro atoms. The Balaban J connectivity index is 1.46. The summed E-state index contributed by atoms with van der Waals surface area (Å²) in [5, 5.41) is 14.4. The lowest BCUT2D eigenvalue weighted by molar-refractivity contribution is 0.0915. The molecule has 3 N–H and O–H groups in total. The monoisotopic (exact) mass is 651 g/mol. The molecule has 0 saturated carbocycles. The molecule has 3 aromatic carbocycles. The van der Waals surface area contributed by atoms with Crippen molar-refractivity contribution >= 4 is 23.3 Å². The molecule has 1 saturated heterocycles. The number of aromatic nitrogens is 2. The van der Waals surface area contributed by atoms with Gasteiger partial charge in [-0.3, -0.25) is 10.1 Å². The van der Waals surface area contributed by atoms with E-state index in [1.54, 1.807) is 23.9 Å². The van der Waals surface area contributed by atoms with Crippen LogP contribution in [-0.4, -0.2) is 48.4 Å². The number of nitrogens with zero attached hydrogens (tertiary/aromatic N) is 2. The predicted octanol–water partition coefficient (Wildman–Crippen LogP) is 8.28. The third-order valence-corrected chi connectivity index (χ3v) is 8.88. The van der Waals surface area contributed by atoms with Crippen molar-refractivity contribution in [2.75, 3.05) is 37.4 Å². The van der Waals surface area contributed by atoms with Crippen molar-refractivity contribution in [3.8, 4) is 17.2 Å². The summed E-state index contributed by atoms with van der Waals surface area (Å²) in [5.74, 6) is 1.33. The van der Waals surface area contributed by atoms with Gasteiger partial charge in [-0.05, 0) is 87.2 Å². The van der Waals surface area contributed by atoms with E-state index in [4.69, 9.17) is 14.6 Å². The van der Waals surface area contributed by atoms with Crippen LogP contribution in [0.5, 0.6) is 11.5 Å². The van der Waals surface area contributed by atoms with Gasteiger partial charge in [0, 0.05) is 22.7 Å². The maximum absolute atomic E-state index is 14.5. The topological polar surface area (TPSA) is 107 Å². The number of anilines is 2. The highest BCUT2D eigenvalue weighted by atomic mass is 16.5. The molecule has 2 heterocycles. The smallest absolute Gasteiger partial charge is 0.324 e. The molecule has 9 nitrogen and oxygen atoms in total. The summed E-state index contributed by atoms with van der Waals surface area (Å²) in [6.45, 7) is 12.6. The van der Waals surface area contributed by atoms with Crippen molar-refractivity contribution in [1.82, 2.24) is 15.1 Å². The summed E-state index contributed by atoms with van der Waals surface area (Å²) in [7, 11) is 1.60. The van der Waals surface area contributed by atoms with Gasteiger partial charge in [-0.1, -0.05) is 70.0 Å². The van der Waals surface area contributed by atoms with E-state index >= 15 is 0 Å². The van der Waals surface area contributed by atoms with Crippen LogP contribution in [0.4, 0.5) is 16.3 Å². The zero-order valence-corrected chi connectivity index (χ0v) is 29.1. The standard InChI is InChI=1S/C39H49N5O4/c1-7-8-23-48-33-24-28(15-18-32(33)47-6)37(45)36(27-19-21-40-22-20-27)30-11-9-10-12-31(30)41-38(46)42-35-25-34(39(3,4)5)43-44(35)29-16-13-26(2)14-17-29/h9-18,24-25,27,36,40H,7-8,19-23H2,1-6H3,(H2,41,42,46). The molecular formula is C39H49N5O4. The van der Waals surface area contributed by atoms with Crippen molar-refractivity contribution in [3.05, 3.63) is 95.2 Å². The van der Waals surface area contributed by atoms with Crippen LogP contribution in [0.3, 0.4) is 0 Å². The van der Waals surface area contributed by atoms with E-state index in [1.165, 1.54) is 0 Å². The van der Waals surface area contributed by atoms with Gasteiger partial charge in [0.05, 0.1) is 31.0 Å². The van der Waals surface area contributed by atoms with Crippen molar-refractivity contribution < 1.29 is 19.1 Å². The Morgan fingerprint density at radius 2 is 1.71 bits per heavy atom. The number of piperidine rings is 1. The van der Waals surface area contributed by atoms with Gasteiger partial charge in [0.25, 0.3) is 0 Å². The quantitative estimate of drug-likeness (QED) is 0.105. The summed E-state index contributed by atoms with van der Waals surface area (Å²) in [5.41, 5.74) is 4.56. The van der Waals surface area contributed by atoms with Crippen molar-refractivity contribution in [1.29, 1.82) is 0 Å². The van der Waals surface area contributed by atoms with Crippen LogP contribution in [-0.2, 0) is 5.41 Å². The minimum atomic E-state index is -0.467. The Labute approximate surface area is 284 Å². The highest BCUT2D eigenvalue weighted by molar-refractivity contribution is 6.04. The van der Waals surface area contributed by atoms with Gasteiger partial charge in [0.15, 0.2) is 17.3 Å². The number of carbonyl (C=O) groups excluding carboxylic acids is 2. The number of ether oxygens (including phenoxy) is 2. The number of rotatable bonds is 12. The van der Waals surface area contributed by atoms with Crippen LogP contribution in [0.2, 0.25) is 0 Å². The lowest BCUT2D eigenvalue weighted by Crippen LogP contribution is -2.34. The molecule has 1 fully saturated rings. The maximum atomic E-state index is 14.5. The third-order valence-electron chi connectivity index (χ3n) is 8.88. The zero-order valence-electron chi connectivity index (χ0n) is 29.1. The number of aryl methyl sites for hydroxylation is 1. The molecule has 1 unspecified atom stereocenters. The number of nitrogens with one attached hydrogen (secondary N) is 3. The van der Waals surface area contributed by atoms with Gasteiger partial charge in [0.1, 0.15) is 5.82 Å². The number of benzene rings is 3. The summed E-state index contributed by atoms with van der Waals surface area (Å²) in [4.78, 5) is 28.2. The molecule has 4 aromatic rings. The van der Waals surface area contributed by atoms with Crippen molar-refractivity contribution in [3.63, 3.8) is 0 Å². The number of unbranched alkanes of at least 4 members (excludes halogenated alkanes) is 1. The first-order chi connectivity index (χ1) is 23.1. The Hall–Kier alpha value is -4.63. The first-order valence-electron chi connectivity index (χ1n) is 17.0. The molecule has 9 heteroatoms. The van der Waals surface area contributed by atoms with Crippen molar-refractivity contribution in [2.45, 2.75) is 71.6 Å². The van der Waals surface area contributed by atoms with E-state index in [2.05, 4.69) is 43.6 Å². The molecule has 5 rings (SSSR count). The second-order valence-corrected chi connectivity index (χ2v) is 13.6. The number of Topliss-reactive ketones (excluding diaryl/α,β-unsaturated/α-hetero) is 1. The summed E-state index contributed by atoms with van der Waals surface area (Å²) in [6.07, 6.45) is 3.60. The van der Waals surface area contributed by atoms with Gasteiger partial charge in [-0.2, -0.15) is 5.10 Å².